The van der Waals surface area contributed by atoms with Gasteiger partial charge in [0.15, 0.2) is 0 Å². The zero-order valence-corrected chi connectivity index (χ0v) is 7.33. The summed E-state index contributed by atoms with van der Waals surface area (Å²) in [7, 11) is 0. The second-order valence-corrected chi connectivity index (χ2v) is 3.59. The number of nitrogens with zero attached hydrogens (tertiary/aromatic N) is 1. The van der Waals surface area contributed by atoms with Crippen LogP contribution in [0.5, 0.6) is 0 Å². The van der Waals surface area contributed by atoms with E-state index in [9.17, 15) is 5.11 Å². The highest BCUT2D eigenvalue weighted by Crippen LogP contribution is 2.08. The number of hydrogen-bond acceptors (Lipinski definition) is 1. The third kappa shape index (κ3) is 2.39. The Hall–Kier alpha value is -0.760. The molecule has 0 amide bonds. The molecule has 0 spiro atoms. The average molecular weight is 153 g/mol. The first-order valence-electron chi connectivity index (χ1n) is 3.83. The lowest BCUT2D eigenvalue weighted by molar-refractivity contribution is 0.0611. The summed E-state index contributed by atoms with van der Waals surface area (Å²) in [5, 5.41) is 9.49. The third-order valence-corrected chi connectivity index (χ3v) is 1.61. The summed E-state index contributed by atoms with van der Waals surface area (Å²) in [5.74, 6) is 0. The van der Waals surface area contributed by atoms with Crippen LogP contribution < -0.4 is 0 Å². The summed E-state index contributed by atoms with van der Waals surface area (Å²) in [6.07, 6.45) is 1.98. The minimum Gasteiger partial charge on any atom is -0.389 e. The SMILES string of the molecule is Cc1cccn1CC(C)(C)O. The van der Waals surface area contributed by atoms with Crippen molar-refractivity contribution >= 4 is 0 Å². The van der Waals surface area contributed by atoms with Crippen LogP contribution >= 0.6 is 0 Å². The Morgan fingerprint density at radius 1 is 1.55 bits per heavy atom. The van der Waals surface area contributed by atoms with E-state index >= 15 is 0 Å². The van der Waals surface area contributed by atoms with Crippen LogP contribution in [0.3, 0.4) is 0 Å². The zero-order chi connectivity index (χ0) is 8.48. The minimum absolute atomic E-state index is 0.621. The third-order valence-electron chi connectivity index (χ3n) is 1.61. The molecular formula is C9H15NO. The van der Waals surface area contributed by atoms with Crippen LogP contribution in [0.4, 0.5) is 0 Å². The van der Waals surface area contributed by atoms with Crippen LogP contribution in [-0.2, 0) is 6.54 Å². The maximum Gasteiger partial charge on any atom is 0.0769 e. The molecule has 1 N–H and O–H groups in total. The molecule has 0 aliphatic heterocycles. The van der Waals surface area contributed by atoms with E-state index < -0.39 is 5.60 Å². The fourth-order valence-electron chi connectivity index (χ4n) is 1.09. The first-order chi connectivity index (χ1) is 4.99. The van der Waals surface area contributed by atoms with E-state index in [2.05, 4.69) is 0 Å². The largest absolute Gasteiger partial charge is 0.389 e. The van der Waals surface area contributed by atoms with Crippen molar-refractivity contribution in [3.05, 3.63) is 24.0 Å². The summed E-state index contributed by atoms with van der Waals surface area (Å²) in [6, 6.07) is 4.02. The smallest absolute Gasteiger partial charge is 0.0769 e. The standard InChI is InChI=1S/C9H15NO/c1-8-5-4-6-10(8)7-9(2,3)11/h4-6,11H,7H2,1-3H3. The molecule has 62 valence electrons. The highest BCUT2D eigenvalue weighted by Gasteiger charge is 2.13. The van der Waals surface area contributed by atoms with Crippen molar-refractivity contribution in [3.8, 4) is 0 Å². The molecule has 2 nitrogen and oxygen atoms in total. The van der Waals surface area contributed by atoms with E-state index in [1.807, 2.05) is 43.7 Å². The number of rotatable bonds is 2. The van der Waals surface area contributed by atoms with Crippen LogP contribution in [-0.4, -0.2) is 15.3 Å². The first kappa shape index (κ1) is 8.34. The van der Waals surface area contributed by atoms with Gasteiger partial charge in [-0.3, -0.25) is 0 Å². The lowest BCUT2D eigenvalue weighted by Gasteiger charge is -2.18. The van der Waals surface area contributed by atoms with Gasteiger partial charge in [0.25, 0.3) is 0 Å². The van der Waals surface area contributed by atoms with Crippen molar-refractivity contribution < 1.29 is 5.11 Å². The van der Waals surface area contributed by atoms with Gasteiger partial charge < -0.3 is 9.67 Å². The van der Waals surface area contributed by atoms with Crippen molar-refractivity contribution in [1.82, 2.24) is 4.57 Å². The zero-order valence-electron chi connectivity index (χ0n) is 7.33. The molecule has 1 heterocycles. The molecule has 0 saturated carbocycles. The topological polar surface area (TPSA) is 25.2 Å². The molecule has 0 radical (unpaired) electrons. The average Bonchev–Trinajstić information content (AvgIpc) is 2.12. The van der Waals surface area contributed by atoms with Gasteiger partial charge in [-0.25, -0.2) is 0 Å². The van der Waals surface area contributed by atoms with Crippen LogP contribution in [0.25, 0.3) is 0 Å². The molecule has 0 saturated heterocycles. The van der Waals surface area contributed by atoms with E-state index in [1.54, 1.807) is 0 Å². The normalized spacial score (nSPS) is 12.0. The van der Waals surface area contributed by atoms with Gasteiger partial charge in [0.1, 0.15) is 0 Å². The van der Waals surface area contributed by atoms with Crippen molar-refractivity contribution in [3.63, 3.8) is 0 Å². The molecule has 1 rings (SSSR count). The Balaban J connectivity index is 2.72. The molecule has 0 unspecified atom stereocenters. The van der Waals surface area contributed by atoms with Gasteiger partial charge in [0, 0.05) is 11.9 Å². The van der Waals surface area contributed by atoms with Gasteiger partial charge in [0.2, 0.25) is 0 Å². The molecule has 0 bridgehead atoms. The molecule has 11 heavy (non-hydrogen) atoms. The molecule has 0 fully saturated rings. The van der Waals surface area contributed by atoms with Gasteiger partial charge in [-0.1, -0.05) is 0 Å². The first-order valence-corrected chi connectivity index (χ1v) is 3.83. The van der Waals surface area contributed by atoms with Gasteiger partial charge in [-0.2, -0.15) is 0 Å². The van der Waals surface area contributed by atoms with E-state index in [-0.39, 0.29) is 0 Å². The predicted octanol–water partition coefficient (Wildman–Crippen LogP) is 1.57. The maximum absolute atomic E-state index is 9.49. The quantitative estimate of drug-likeness (QED) is 0.685. The van der Waals surface area contributed by atoms with E-state index in [1.165, 1.54) is 5.69 Å². The van der Waals surface area contributed by atoms with E-state index in [0.717, 1.165) is 0 Å². The Morgan fingerprint density at radius 3 is 2.55 bits per heavy atom. The van der Waals surface area contributed by atoms with Gasteiger partial charge in [0.05, 0.1) is 12.1 Å². The minimum atomic E-state index is -0.621. The van der Waals surface area contributed by atoms with Crippen LogP contribution in [0.2, 0.25) is 0 Å². The van der Waals surface area contributed by atoms with Crippen molar-refractivity contribution in [2.45, 2.75) is 32.9 Å². The molecule has 0 atom stereocenters. The maximum atomic E-state index is 9.49. The molecule has 0 aliphatic rings. The Morgan fingerprint density at radius 2 is 2.18 bits per heavy atom. The highest BCUT2D eigenvalue weighted by atomic mass is 16.3. The summed E-state index contributed by atoms with van der Waals surface area (Å²) < 4.78 is 2.04. The van der Waals surface area contributed by atoms with Gasteiger partial charge in [-0.05, 0) is 32.9 Å². The lowest BCUT2D eigenvalue weighted by atomic mass is 10.1. The summed E-state index contributed by atoms with van der Waals surface area (Å²) in [4.78, 5) is 0. The summed E-state index contributed by atoms with van der Waals surface area (Å²) in [6.45, 7) is 6.32. The highest BCUT2D eigenvalue weighted by molar-refractivity contribution is 5.04. The predicted molar refractivity (Wildman–Crippen MR) is 45.5 cm³/mol. The molecule has 1 aromatic heterocycles. The number of hydrogen-bond donors (Lipinski definition) is 1. The number of aliphatic hydroxyl groups is 1. The van der Waals surface area contributed by atoms with Crippen molar-refractivity contribution in [2.75, 3.05) is 0 Å². The molecular weight excluding hydrogens is 138 g/mol. The monoisotopic (exact) mass is 153 g/mol. The second-order valence-electron chi connectivity index (χ2n) is 3.59. The molecule has 1 aromatic rings. The van der Waals surface area contributed by atoms with E-state index in [0.29, 0.717) is 6.54 Å². The van der Waals surface area contributed by atoms with E-state index in [4.69, 9.17) is 0 Å². The van der Waals surface area contributed by atoms with Crippen molar-refractivity contribution in [2.24, 2.45) is 0 Å². The Kier molecular flexibility index (Phi) is 2.05. The number of aromatic nitrogens is 1. The second kappa shape index (κ2) is 2.70. The lowest BCUT2D eigenvalue weighted by Crippen LogP contribution is -2.26. The molecule has 2 heteroatoms. The molecule has 0 aliphatic carbocycles. The fraction of sp³-hybridized carbons (Fsp3) is 0.556. The van der Waals surface area contributed by atoms with Crippen LogP contribution in [0.15, 0.2) is 18.3 Å². The van der Waals surface area contributed by atoms with Gasteiger partial charge in [-0.15, -0.1) is 0 Å². The Labute approximate surface area is 67.5 Å². The fourth-order valence-corrected chi connectivity index (χ4v) is 1.09. The molecule has 0 aromatic carbocycles. The van der Waals surface area contributed by atoms with Crippen LogP contribution in [0, 0.1) is 6.92 Å². The van der Waals surface area contributed by atoms with Gasteiger partial charge >= 0.3 is 0 Å². The Bertz CT molecular complexity index is 232. The van der Waals surface area contributed by atoms with Crippen LogP contribution in [0.1, 0.15) is 19.5 Å². The van der Waals surface area contributed by atoms with Crippen molar-refractivity contribution in [1.29, 1.82) is 0 Å². The summed E-state index contributed by atoms with van der Waals surface area (Å²) in [5.41, 5.74) is 0.566. The number of aryl methyl sites for hydroxylation is 1. The summed E-state index contributed by atoms with van der Waals surface area (Å²) >= 11 is 0.